The van der Waals surface area contributed by atoms with Gasteiger partial charge in [0.2, 0.25) is 15.9 Å². The molecule has 0 aromatic heterocycles. The van der Waals surface area contributed by atoms with E-state index in [0.29, 0.717) is 23.7 Å². The van der Waals surface area contributed by atoms with Crippen LogP contribution in [0, 0.1) is 52.3 Å². The SMILES string of the molecule is CC[C@H]1[C@@H](O)[C@@H]2[C@H](CC[C@]3(C)[C@@H](C(C)CC(=O)NS(=O)(=O)C(C)(C)C)CC[C@@H]23)[C@@]2(C)CC[C@@H](O)C[C@@H]12. The number of aliphatic hydroxyl groups excluding tert-OH is 2. The Hall–Kier alpha value is -0.660. The summed E-state index contributed by atoms with van der Waals surface area (Å²) in [6, 6.07) is 0. The van der Waals surface area contributed by atoms with E-state index in [-0.39, 0.29) is 47.2 Å². The Morgan fingerprint density at radius 2 is 1.61 bits per heavy atom. The van der Waals surface area contributed by atoms with Gasteiger partial charge in [0.05, 0.1) is 17.0 Å². The van der Waals surface area contributed by atoms with Crippen LogP contribution in [-0.4, -0.2) is 41.5 Å². The molecule has 0 aliphatic heterocycles. The zero-order chi connectivity index (χ0) is 26.8. The first kappa shape index (κ1) is 28.4. The Bertz CT molecular complexity index is 944. The lowest BCUT2D eigenvalue weighted by Crippen LogP contribution is -2.62. The first-order valence-corrected chi connectivity index (χ1v) is 16.0. The standard InChI is InChI=1S/C29H51NO5S/c1-8-19-23-16-18(31)11-13-29(23,7)22-12-14-28(6)20(9-10-21(28)25(22)26(19)33)17(2)15-24(32)30-36(34,35)27(3,4)5/h17-23,25-26,31,33H,8-16H2,1-7H3,(H,30,32)/t17?,18-,19-,20-,21+,22+,23+,25+,26-,28-,29-/m1/s1. The molecule has 0 spiro atoms. The van der Waals surface area contributed by atoms with Gasteiger partial charge >= 0.3 is 0 Å². The van der Waals surface area contributed by atoms with Crippen molar-refractivity contribution in [3.8, 4) is 0 Å². The first-order chi connectivity index (χ1) is 16.6. The van der Waals surface area contributed by atoms with E-state index >= 15 is 0 Å². The fourth-order valence-electron chi connectivity index (χ4n) is 9.71. The number of amides is 1. The van der Waals surface area contributed by atoms with Crippen molar-refractivity contribution in [2.75, 3.05) is 0 Å². The van der Waals surface area contributed by atoms with Crippen LogP contribution < -0.4 is 4.72 Å². The minimum atomic E-state index is -3.71. The molecule has 4 fully saturated rings. The van der Waals surface area contributed by atoms with Gasteiger partial charge in [0.1, 0.15) is 0 Å². The van der Waals surface area contributed by atoms with E-state index in [1.807, 2.05) is 0 Å². The van der Waals surface area contributed by atoms with Crippen molar-refractivity contribution in [1.82, 2.24) is 4.72 Å². The second-order valence-electron chi connectivity index (χ2n) is 14.4. The van der Waals surface area contributed by atoms with Crippen LogP contribution in [0.4, 0.5) is 0 Å². The molecule has 4 aliphatic carbocycles. The van der Waals surface area contributed by atoms with E-state index in [2.05, 4.69) is 32.4 Å². The van der Waals surface area contributed by atoms with Gasteiger partial charge in [-0.3, -0.25) is 9.52 Å². The fraction of sp³-hybridized carbons (Fsp3) is 0.966. The topological polar surface area (TPSA) is 104 Å². The van der Waals surface area contributed by atoms with Crippen LogP contribution in [0.25, 0.3) is 0 Å². The van der Waals surface area contributed by atoms with Crippen LogP contribution in [-0.2, 0) is 14.8 Å². The molecule has 11 atom stereocenters. The summed E-state index contributed by atoms with van der Waals surface area (Å²) >= 11 is 0. The van der Waals surface area contributed by atoms with E-state index in [0.717, 1.165) is 51.4 Å². The van der Waals surface area contributed by atoms with Crippen LogP contribution >= 0.6 is 0 Å². The number of rotatable bonds is 5. The summed E-state index contributed by atoms with van der Waals surface area (Å²) in [7, 11) is -3.71. The lowest BCUT2D eigenvalue weighted by atomic mass is 9.41. The van der Waals surface area contributed by atoms with Crippen molar-refractivity contribution in [1.29, 1.82) is 0 Å². The second-order valence-corrected chi connectivity index (χ2v) is 16.9. The predicted octanol–water partition coefficient (Wildman–Crippen LogP) is 4.88. The van der Waals surface area contributed by atoms with Crippen molar-refractivity contribution in [3.63, 3.8) is 0 Å². The number of carbonyl (C=O) groups excluding carboxylic acids is 1. The lowest BCUT2D eigenvalue weighted by Gasteiger charge is -2.64. The number of hydrogen-bond donors (Lipinski definition) is 3. The third-order valence-corrected chi connectivity index (χ3v) is 13.8. The number of nitrogens with one attached hydrogen (secondary N) is 1. The minimum Gasteiger partial charge on any atom is -0.393 e. The molecule has 0 radical (unpaired) electrons. The Morgan fingerprint density at radius 1 is 1.00 bits per heavy atom. The third kappa shape index (κ3) is 4.47. The van der Waals surface area contributed by atoms with Crippen LogP contribution in [0.3, 0.4) is 0 Å². The van der Waals surface area contributed by atoms with E-state index in [1.165, 1.54) is 0 Å². The molecule has 6 nitrogen and oxygen atoms in total. The van der Waals surface area contributed by atoms with Crippen molar-refractivity contribution in [2.45, 2.75) is 123 Å². The first-order valence-electron chi connectivity index (χ1n) is 14.5. The molecule has 0 heterocycles. The molecule has 0 aromatic rings. The summed E-state index contributed by atoms with van der Waals surface area (Å²) in [5.74, 6) is 1.84. The molecule has 4 rings (SSSR count). The van der Waals surface area contributed by atoms with Gasteiger partial charge in [0.15, 0.2) is 0 Å². The molecule has 7 heteroatoms. The lowest BCUT2D eigenvalue weighted by molar-refractivity contribution is -0.203. The summed E-state index contributed by atoms with van der Waals surface area (Å²) in [4.78, 5) is 12.8. The molecular formula is C29H51NO5S. The van der Waals surface area contributed by atoms with Crippen molar-refractivity contribution in [2.24, 2.45) is 52.3 Å². The Balaban J connectivity index is 1.54. The molecule has 3 N–H and O–H groups in total. The smallest absolute Gasteiger partial charge is 0.239 e. The molecule has 1 unspecified atom stereocenters. The van der Waals surface area contributed by atoms with Gasteiger partial charge in [0, 0.05) is 6.42 Å². The highest BCUT2D eigenvalue weighted by molar-refractivity contribution is 7.91. The minimum absolute atomic E-state index is 0.0560. The van der Waals surface area contributed by atoms with Gasteiger partial charge in [-0.05, 0) is 118 Å². The maximum Gasteiger partial charge on any atom is 0.239 e. The summed E-state index contributed by atoms with van der Waals surface area (Å²) < 4.78 is 26.3. The summed E-state index contributed by atoms with van der Waals surface area (Å²) in [6.45, 7) is 14.0. The average molecular weight is 526 g/mol. The quantitative estimate of drug-likeness (QED) is 0.474. The molecule has 36 heavy (non-hydrogen) atoms. The Kier molecular flexibility index (Phi) is 7.49. The molecule has 1 amide bonds. The highest BCUT2D eigenvalue weighted by Gasteiger charge is 2.64. The molecule has 4 saturated carbocycles. The van der Waals surface area contributed by atoms with Gasteiger partial charge in [-0.15, -0.1) is 0 Å². The van der Waals surface area contributed by atoms with Gasteiger partial charge in [0.25, 0.3) is 0 Å². The van der Waals surface area contributed by atoms with Crippen molar-refractivity contribution in [3.05, 3.63) is 0 Å². The number of hydrogen-bond acceptors (Lipinski definition) is 5. The van der Waals surface area contributed by atoms with E-state index < -0.39 is 20.7 Å². The maximum absolute atomic E-state index is 12.8. The van der Waals surface area contributed by atoms with Gasteiger partial charge < -0.3 is 10.2 Å². The molecule has 0 bridgehead atoms. The molecular weight excluding hydrogens is 474 g/mol. The van der Waals surface area contributed by atoms with Crippen molar-refractivity contribution < 1.29 is 23.4 Å². The maximum atomic E-state index is 12.8. The van der Waals surface area contributed by atoms with Crippen LogP contribution in [0.5, 0.6) is 0 Å². The van der Waals surface area contributed by atoms with E-state index in [9.17, 15) is 23.4 Å². The zero-order valence-corrected chi connectivity index (χ0v) is 24.4. The van der Waals surface area contributed by atoms with E-state index in [1.54, 1.807) is 20.8 Å². The molecule has 208 valence electrons. The Morgan fingerprint density at radius 3 is 2.22 bits per heavy atom. The predicted molar refractivity (Wildman–Crippen MR) is 142 cm³/mol. The van der Waals surface area contributed by atoms with Gasteiger partial charge in [-0.2, -0.15) is 0 Å². The summed E-state index contributed by atoms with van der Waals surface area (Å²) in [5, 5.41) is 22.3. The normalized spacial score (nSPS) is 45.8. The number of carbonyl (C=O) groups is 1. The molecule has 0 aromatic carbocycles. The van der Waals surface area contributed by atoms with Gasteiger partial charge in [-0.1, -0.05) is 34.1 Å². The van der Waals surface area contributed by atoms with Crippen LogP contribution in [0.2, 0.25) is 0 Å². The average Bonchev–Trinajstić information content (AvgIpc) is 3.11. The number of fused-ring (bicyclic) bond motifs is 5. The molecule has 4 aliphatic rings. The number of sulfonamides is 1. The van der Waals surface area contributed by atoms with Crippen LogP contribution in [0.1, 0.15) is 106 Å². The summed E-state index contributed by atoms with van der Waals surface area (Å²) in [6.07, 6.45) is 7.65. The highest BCUT2D eigenvalue weighted by Crippen LogP contribution is 2.69. The van der Waals surface area contributed by atoms with E-state index in [4.69, 9.17) is 0 Å². The van der Waals surface area contributed by atoms with Crippen LogP contribution in [0.15, 0.2) is 0 Å². The fourth-order valence-corrected chi connectivity index (χ4v) is 10.4. The Labute approximate surface area is 219 Å². The zero-order valence-electron chi connectivity index (χ0n) is 23.6. The number of aliphatic hydroxyl groups is 2. The highest BCUT2D eigenvalue weighted by atomic mass is 32.2. The van der Waals surface area contributed by atoms with Crippen molar-refractivity contribution >= 4 is 15.9 Å². The summed E-state index contributed by atoms with van der Waals surface area (Å²) in [5.41, 5.74) is 0.233. The second kappa shape index (κ2) is 9.51. The largest absolute Gasteiger partial charge is 0.393 e. The molecule has 0 saturated heterocycles. The third-order valence-electron chi connectivity index (χ3n) is 11.7. The monoisotopic (exact) mass is 525 g/mol. The van der Waals surface area contributed by atoms with Gasteiger partial charge in [-0.25, -0.2) is 8.42 Å².